The second-order valence-electron chi connectivity index (χ2n) is 4.48. The third-order valence-electron chi connectivity index (χ3n) is 3.01. The van der Waals surface area contributed by atoms with E-state index < -0.39 is 12.1 Å². The summed E-state index contributed by atoms with van der Waals surface area (Å²) in [5.41, 5.74) is 2.77. The number of carboxylic acids is 1. The molecule has 0 radical (unpaired) electrons. The van der Waals surface area contributed by atoms with Gasteiger partial charge in [-0.15, -0.1) is 0 Å². The van der Waals surface area contributed by atoms with Gasteiger partial charge in [0, 0.05) is 6.42 Å². The van der Waals surface area contributed by atoms with Crippen LogP contribution in [0, 0.1) is 13.8 Å². The number of hydrogen-bond acceptors (Lipinski definition) is 3. The molecule has 1 atom stereocenters. The van der Waals surface area contributed by atoms with Crippen molar-refractivity contribution in [2.45, 2.75) is 39.2 Å². The normalized spacial score (nSPS) is 12.2. The van der Waals surface area contributed by atoms with Gasteiger partial charge < -0.3 is 14.9 Å². The summed E-state index contributed by atoms with van der Waals surface area (Å²) in [4.78, 5) is 10.4. The number of carbonyl (C=O) groups is 1. The summed E-state index contributed by atoms with van der Waals surface area (Å²) in [6, 6.07) is 3.80. The summed E-state index contributed by atoms with van der Waals surface area (Å²) in [7, 11) is 1.62. The first-order valence-corrected chi connectivity index (χ1v) is 6.00. The highest BCUT2D eigenvalue weighted by Gasteiger charge is 2.13. The molecule has 0 amide bonds. The third kappa shape index (κ3) is 3.74. The largest absolute Gasteiger partial charge is 0.496 e. The number of aliphatic carboxylic acids is 1. The third-order valence-corrected chi connectivity index (χ3v) is 3.01. The quantitative estimate of drug-likeness (QED) is 0.816. The Bertz CT molecular complexity index is 426. The number of methoxy groups -OCH3 is 1. The van der Waals surface area contributed by atoms with Gasteiger partial charge >= 0.3 is 5.97 Å². The Morgan fingerprint density at radius 2 is 2.00 bits per heavy atom. The van der Waals surface area contributed by atoms with E-state index in [1.165, 1.54) is 0 Å². The fraction of sp³-hybridized carbons (Fsp3) is 0.500. The number of aliphatic hydroxyl groups is 1. The van der Waals surface area contributed by atoms with Gasteiger partial charge in [0.1, 0.15) is 5.75 Å². The molecule has 0 saturated carbocycles. The van der Waals surface area contributed by atoms with Crippen LogP contribution >= 0.6 is 0 Å². The second kappa shape index (κ2) is 6.40. The highest BCUT2D eigenvalue weighted by Crippen LogP contribution is 2.28. The average Bonchev–Trinajstić information content (AvgIpc) is 2.30. The van der Waals surface area contributed by atoms with Crippen LogP contribution in [0.25, 0.3) is 0 Å². The van der Waals surface area contributed by atoms with E-state index in [-0.39, 0.29) is 6.42 Å². The Labute approximate surface area is 107 Å². The molecule has 0 fully saturated rings. The lowest BCUT2D eigenvalue weighted by molar-refractivity contribution is -0.137. The van der Waals surface area contributed by atoms with Crippen molar-refractivity contribution in [1.29, 1.82) is 0 Å². The number of hydrogen-bond donors (Lipinski definition) is 2. The maximum Gasteiger partial charge on any atom is 0.303 e. The van der Waals surface area contributed by atoms with Gasteiger partial charge in [-0.3, -0.25) is 4.79 Å². The Kier molecular flexibility index (Phi) is 5.16. The molecule has 0 aromatic heterocycles. The van der Waals surface area contributed by atoms with Crippen LogP contribution in [0.1, 0.15) is 42.1 Å². The maximum absolute atomic E-state index is 10.4. The van der Waals surface area contributed by atoms with E-state index in [0.717, 1.165) is 22.4 Å². The van der Waals surface area contributed by atoms with Gasteiger partial charge in [0.2, 0.25) is 0 Å². The zero-order valence-corrected chi connectivity index (χ0v) is 11.1. The number of rotatable bonds is 6. The maximum atomic E-state index is 10.4. The van der Waals surface area contributed by atoms with Crippen molar-refractivity contribution >= 4 is 5.97 Å². The smallest absolute Gasteiger partial charge is 0.303 e. The summed E-state index contributed by atoms with van der Waals surface area (Å²) >= 11 is 0. The lowest BCUT2D eigenvalue weighted by Crippen LogP contribution is -2.03. The minimum Gasteiger partial charge on any atom is -0.496 e. The summed E-state index contributed by atoms with van der Waals surface area (Å²) < 4.78 is 5.21. The fourth-order valence-electron chi connectivity index (χ4n) is 1.99. The lowest BCUT2D eigenvalue weighted by atomic mass is 9.97. The molecule has 1 unspecified atom stereocenters. The van der Waals surface area contributed by atoms with Crippen LogP contribution in [0.3, 0.4) is 0 Å². The number of benzene rings is 1. The van der Waals surface area contributed by atoms with Gasteiger partial charge in [-0.25, -0.2) is 0 Å². The Morgan fingerprint density at radius 3 is 2.56 bits per heavy atom. The number of aryl methyl sites for hydroxylation is 2. The van der Waals surface area contributed by atoms with Crippen molar-refractivity contribution in [3.63, 3.8) is 0 Å². The monoisotopic (exact) mass is 252 g/mol. The molecule has 4 nitrogen and oxygen atoms in total. The minimum absolute atomic E-state index is 0.0885. The molecule has 0 aliphatic carbocycles. The lowest BCUT2D eigenvalue weighted by Gasteiger charge is -2.16. The fourth-order valence-corrected chi connectivity index (χ4v) is 1.99. The van der Waals surface area contributed by atoms with Gasteiger partial charge in [-0.1, -0.05) is 0 Å². The van der Waals surface area contributed by atoms with Gasteiger partial charge in [-0.05, 0) is 55.5 Å². The van der Waals surface area contributed by atoms with Crippen LogP contribution in [0.5, 0.6) is 5.75 Å². The molecule has 4 heteroatoms. The second-order valence-corrected chi connectivity index (χ2v) is 4.48. The molecule has 100 valence electrons. The predicted octanol–water partition coefficient (Wildman–Crippen LogP) is 2.60. The molecule has 0 aliphatic rings. The van der Waals surface area contributed by atoms with E-state index in [9.17, 15) is 9.90 Å². The first kappa shape index (κ1) is 14.5. The summed E-state index contributed by atoms with van der Waals surface area (Å²) in [6.45, 7) is 3.84. The molecular weight excluding hydrogens is 232 g/mol. The summed E-state index contributed by atoms with van der Waals surface area (Å²) in [5.74, 6) is -0.0289. The molecule has 0 aliphatic heterocycles. The van der Waals surface area contributed by atoms with Gasteiger partial charge in [-0.2, -0.15) is 0 Å². The molecule has 1 rings (SSSR count). The topological polar surface area (TPSA) is 66.8 Å². The van der Waals surface area contributed by atoms with Crippen LogP contribution < -0.4 is 4.74 Å². The van der Waals surface area contributed by atoms with Crippen molar-refractivity contribution < 1.29 is 19.7 Å². The van der Waals surface area contributed by atoms with E-state index in [4.69, 9.17) is 9.84 Å². The summed E-state index contributed by atoms with van der Waals surface area (Å²) in [6.07, 6.45) is 0.402. The number of aliphatic hydroxyl groups excluding tert-OH is 1. The SMILES string of the molecule is COc1cc(C)c(C(O)CCCC(=O)O)cc1C. The molecule has 0 spiro atoms. The van der Waals surface area contributed by atoms with Crippen LogP contribution in [0.4, 0.5) is 0 Å². The first-order chi connectivity index (χ1) is 8.45. The van der Waals surface area contributed by atoms with Crippen molar-refractivity contribution in [3.8, 4) is 5.75 Å². The predicted molar refractivity (Wildman–Crippen MR) is 68.9 cm³/mol. The van der Waals surface area contributed by atoms with Crippen LogP contribution in [0.15, 0.2) is 12.1 Å². The minimum atomic E-state index is -0.829. The van der Waals surface area contributed by atoms with Crippen LogP contribution in [-0.2, 0) is 4.79 Å². The Hall–Kier alpha value is -1.55. The number of ether oxygens (including phenoxy) is 1. The van der Waals surface area contributed by atoms with E-state index in [0.29, 0.717) is 12.8 Å². The molecular formula is C14H20O4. The Morgan fingerprint density at radius 1 is 1.33 bits per heavy atom. The number of carboxylic acid groups (broad SMARTS) is 1. The van der Waals surface area contributed by atoms with E-state index in [1.54, 1.807) is 7.11 Å². The van der Waals surface area contributed by atoms with Crippen LogP contribution in [-0.4, -0.2) is 23.3 Å². The zero-order valence-electron chi connectivity index (χ0n) is 11.1. The van der Waals surface area contributed by atoms with Crippen LogP contribution in [0.2, 0.25) is 0 Å². The molecule has 2 N–H and O–H groups in total. The van der Waals surface area contributed by atoms with Gasteiger partial charge in [0.05, 0.1) is 13.2 Å². The molecule has 1 aromatic carbocycles. The molecule has 0 heterocycles. The zero-order chi connectivity index (χ0) is 13.7. The van der Waals surface area contributed by atoms with E-state index >= 15 is 0 Å². The van der Waals surface area contributed by atoms with Gasteiger partial charge in [0.15, 0.2) is 0 Å². The average molecular weight is 252 g/mol. The van der Waals surface area contributed by atoms with Gasteiger partial charge in [0.25, 0.3) is 0 Å². The Balaban J connectivity index is 2.76. The highest BCUT2D eigenvalue weighted by molar-refractivity contribution is 5.66. The summed E-state index contributed by atoms with van der Waals surface area (Å²) in [5, 5.41) is 18.6. The molecule has 18 heavy (non-hydrogen) atoms. The van der Waals surface area contributed by atoms with Crippen molar-refractivity contribution in [3.05, 3.63) is 28.8 Å². The molecule has 1 aromatic rings. The molecule has 0 bridgehead atoms. The molecule has 0 saturated heterocycles. The van der Waals surface area contributed by atoms with Crippen molar-refractivity contribution in [2.75, 3.05) is 7.11 Å². The van der Waals surface area contributed by atoms with Crippen molar-refractivity contribution in [1.82, 2.24) is 0 Å². The highest BCUT2D eigenvalue weighted by atomic mass is 16.5. The van der Waals surface area contributed by atoms with E-state index in [2.05, 4.69) is 0 Å². The van der Waals surface area contributed by atoms with E-state index in [1.807, 2.05) is 26.0 Å². The van der Waals surface area contributed by atoms with Crippen molar-refractivity contribution in [2.24, 2.45) is 0 Å². The standard InChI is InChI=1S/C14H20O4/c1-9-8-13(18-3)10(2)7-11(9)12(15)5-4-6-14(16)17/h7-8,12,15H,4-6H2,1-3H3,(H,16,17). The first-order valence-electron chi connectivity index (χ1n) is 6.00.